The standard InChI is InChI=1S/C10H20N2O2/c1-8(6-13)5-12-9(14)10(2)3-4-11-7-10/h8,11,13H,3-7H2,1-2H3,(H,12,14). The van der Waals surface area contributed by atoms with Gasteiger partial charge < -0.3 is 15.7 Å². The van der Waals surface area contributed by atoms with E-state index in [0.29, 0.717) is 6.54 Å². The van der Waals surface area contributed by atoms with Crippen LogP contribution in [-0.4, -0.2) is 37.3 Å². The lowest BCUT2D eigenvalue weighted by atomic mass is 9.88. The fourth-order valence-corrected chi connectivity index (χ4v) is 1.56. The van der Waals surface area contributed by atoms with Gasteiger partial charge >= 0.3 is 0 Å². The van der Waals surface area contributed by atoms with Crippen molar-refractivity contribution in [2.75, 3.05) is 26.2 Å². The first-order valence-electron chi connectivity index (χ1n) is 5.18. The van der Waals surface area contributed by atoms with Gasteiger partial charge in [0.2, 0.25) is 5.91 Å². The number of hydrogen-bond donors (Lipinski definition) is 3. The highest BCUT2D eigenvalue weighted by atomic mass is 16.3. The second-order valence-electron chi connectivity index (χ2n) is 4.49. The van der Waals surface area contributed by atoms with E-state index in [1.165, 1.54) is 0 Å². The normalized spacial score (nSPS) is 28.8. The van der Waals surface area contributed by atoms with Crippen molar-refractivity contribution in [3.8, 4) is 0 Å². The van der Waals surface area contributed by atoms with Gasteiger partial charge in [0, 0.05) is 19.7 Å². The average Bonchev–Trinajstić information content (AvgIpc) is 2.62. The Morgan fingerprint density at radius 1 is 1.71 bits per heavy atom. The van der Waals surface area contributed by atoms with Gasteiger partial charge in [-0.05, 0) is 25.8 Å². The van der Waals surface area contributed by atoms with Crippen LogP contribution in [0.15, 0.2) is 0 Å². The van der Waals surface area contributed by atoms with Crippen LogP contribution < -0.4 is 10.6 Å². The summed E-state index contributed by atoms with van der Waals surface area (Å²) < 4.78 is 0. The molecule has 2 atom stereocenters. The smallest absolute Gasteiger partial charge is 0.227 e. The van der Waals surface area contributed by atoms with Crippen molar-refractivity contribution in [2.45, 2.75) is 20.3 Å². The molecule has 1 amide bonds. The Labute approximate surface area is 85.1 Å². The van der Waals surface area contributed by atoms with Crippen LogP contribution in [0.4, 0.5) is 0 Å². The fourth-order valence-electron chi connectivity index (χ4n) is 1.56. The zero-order valence-electron chi connectivity index (χ0n) is 8.97. The number of nitrogens with one attached hydrogen (secondary N) is 2. The fraction of sp³-hybridized carbons (Fsp3) is 0.900. The summed E-state index contributed by atoms with van der Waals surface area (Å²) in [5.74, 6) is 0.236. The second-order valence-corrected chi connectivity index (χ2v) is 4.49. The molecule has 1 fully saturated rings. The summed E-state index contributed by atoms with van der Waals surface area (Å²) in [6.07, 6.45) is 0.895. The molecule has 0 aromatic carbocycles. The molecule has 0 saturated carbocycles. The lowest BCUT2D eigenvalue weighted by molar-refractivity contribution is -0.129. The number of aliphatic hydroxyl groups excluding tert-OH is 1. The van der Waals surface area contributed by atoms with Gasteiger partial charge in [0.15, 0.2) is 0 Å². The molecule has 1 aliphatic rings. The van der Waals surface area contributed by atoms with Gasteiger partial charge in [0.05, 0.1) is 5.41 Å². The molecule has 2 unspecified atom stereocenters. The lowest BCUT2D eigenvalue weighted by Gasteiger charge is -2.22. The highest BCUT2D eigenvalue weighted by Gasteiger charge is 2.35. The maximum absolute atomic E-state index is 11.8. The molecule has 3 N–H and O–H groups in total. The first-order valence-corrected chi connectivity index (χ1v) is 5.18. The van der Waals surface area contributed by atoms with E-state index in [4.69, 9.17) is 5.11 Å². The molecule has 1 heterocycles. The van der Waals surface area contributed by atoms with Gasteiger partial charge in [-0.3, -0.25) is 4.79 Å². The predicted molar refractivity (Wildman–Crippen MR) is 54.9 cm³/mol. The summed E-state index contributed by atoms with van der Waals surface area (Å²) in [5, 5.41) is 14.9. The first-order chi connectivity index (χ1) is 6.58. The number of carbonyl (C=O) groups excluding carboxylic acids is 1. The Kier molecular flexibility index (Phi) is 3.89. The summed E-state index contributed by atoms with van der Waals surface area (Å²) in [7, 11) is 0. The average molecular weight is 200 g/mol. The van der Waals surface area contributed by atoms with E-state index in [1.807, 2.05) is 13.8 Å². The summed E-state index contributed by atoms with van der Waals surface area (Å²) in [5.41, 5.74) is -0.255. The molecule has 82 valence electrons. The van der Waals surface area contributed by atoms with Gasteiger partial charge in [0.1, 0.15) is 0 Å². The van der Waals surface area contributed by atoms with Gasteiger partial charge in [-0.25, -0.2) is 0 Å². The van der Waals surface area contributed by atoms with Crippen molar-refractivity contribution in [3.05, 3.63) is 0 Å². The first kappa shape index (κ1) is 11.5. The highest BCUT2D eigenvalue weighted by Crippen LogP contribution is 2.24. The van der Waals surface area contributed by atoms with Crippen molar-refractivity contribution in [1.82, 2.24) is 10.6 Å². The Morgan fingerprint density at radius 2 is 2.43 bits per heavy atom. The van der Waals surface area contributed by atoms with Crippen LogP contribution in [0.1, 0.15) is 20.3 Å². The van der Waals surface area contributed by atoms with E-state index in [0.717, 1.165) is 19.5 Å². The Bertz CT molecular complexity index is 200. The molecule has 0 aromatic rings. The minimum Gasteiger partial charge on any atom is -0.396 e. The molecule has 4 heteroatoms. The summed E-state index contributed by atoms with van der Waals surface area (Å²) >= 11 is 0. The van der Waals surface area contributed by atoms with Crippen molar-refractivity contribution in [3.63, 3.8) is 0 Å². The molecule has 1 rings (SSSR count). The third kappa shape index (κ3) is 2.69. The topological polar surface area (TPSA) is 61.4 Å². The largest absolute Gasteiger partial charge is 0.396 e. The molecule has 4 nitrogen and oxygen atoms in total. The monoisotopic (exact) mass is 200 g/mol. The Morgan fingerprint density at radius 3 is 2.93 bits per heavy atom. The van der Waals surface area contributed by atoms with E-state index in [-0.39, 0.29) is 23.8 Å². The number of hydrogen-bond acceptors (Lipinski definition) is 3. The van der Waals surface area contributed by atoms with Crippen LogP contribution in [0.3, 0.4) is 0 Å². The summed E-state index contributed by atoms with van der Waals surface area (Å²) in [4.78, 5) is 11.8. The zero-order chi connectivity index (χ0) is 10.6. The van der Waals surface area contributed by atoms with Crippen molar-refractivity contribution in [1.29, 1.82) is 0 Å². The molecular weight excluding hydrogens is 180 g/mol. The second kappa shape index (κ2) is 4.75. The summed E-state index contributed by atoms with van der Waals surface area (Å²) in [6, 6.07) is 0. The van der Waals surface area contributed by atoms with E-state index < -0.39 is 0 Å². The Balaban J connectivity index is 2.34. The summed E-state index contributed by atoms with van der Waals surface area (Å²) in [6.45, 7) is 6.24. The number of carbonyl (C=O) groups is 1. The molecule has 1 aliphatic heterocycles. The van der Waals surface area contributed by atoms with Crippen LogP contribution in [0.25, 0.3) is 0 Å². The molecule has 0 spiro atoms. The van der Waals surface area contributed by atoms with Crippen molar-refractivity contribution in [2.24, 2.45) is 11.3 Å². The molecule has 14 heavy (non-hydrogen) atoms. The van der Waals surface area contributed by atoms with E-state index >= 15 is 0 Å². The van der Waals surface area contributed by atoms with Crippen LogP contribution in [0, 0.1) is 11.3 Å². The SMILES string of the molecule is CC(CO)CNC(=O)C1(C)CCNC1. The number of amides is 1. The van der Waals surface area contributed by atoms with E-state index in [2.05, 4.69) is 10.6 Å². The molecule has 0 aliphatic carbocycles. The molecular formula is C10H20N2O2. The van der Waals surface area contributed by atoms with Crippen LogP contribution >= 0.6 is 0 Å². The number of aliphatic hydroxyl groups is 1. The molecule has 0 aromatic heterocycles. The maximum atomic E-state index is 11.8. The lowest BCUT2D eigenvalue weighted by Crippen LogP contribution is -2.42. The third-order valence-corrected chi connectivity index (χ3v) is 2.84. The molecule has 0 bridgehead atoms. The molecule has 0 radical (unpaired) electrons. The predicted octanol–water partition coefficient (Wildman–Crippen LogP) is -0.269. The molecule has 1 saturated heterocycles. The Hall–Kier alpha value is -0.610. The minimum atomic E-state index is -0.255. The van der Waals surface area contributed by atoms with Gasteiger partial charge in [-0.15, -0.1) is 0 Å². The van der Waals surface area contributed by atoms with Gasteiger partial charge in [0.25, 0.3) is 0 Å². The third-order valence-electron chi connectivity index (χ3n) is 2.84. The zero-order valence-corrected chi connectivity index (χ0v) is 8.97. The van der Waals surface area contributed by atoms with Gasteiger partial charge in [-0.2, -0.15) is 0 Å². The van der Waals surface area contributed by atoms with Gasteiger partial charge in [-0.1, -0.05) is 6.92 Å². The van der Waals surface area contributed by atoms with Crippen LogP contribution in [0.5, 0.6) is 0 Å². The van der Waals surface area contributed by atoms with Crippen molar-refractivity contribution >= 4 is 5.91 Å². The van der Waals surface area contributed by atoms with Crippen LogP contribution in [-0.2, 0) is 4.79 Å². The quantitative estimate of drug-likeness (QED) is 0.585. The van der Waals surface area contributed by atoms with Crippen LogP contribution in [0.2, 0.25) is 0 Å². The number of rotatable bonds is 4. The van der Waals surface area contributed by atoms with E-state index in [1.54, 1.807) is 0 Å². The highest BCUT2D eigenvalue weighted by molar-refractivity contribution is 5.82. The minimum absolute atomic E-state index is 0.0998. The van der Waals surface area contributed by atoms with Crippen molar-refractivity contribution < 1.29 is 9.90 Å². The maximum Gasteiger partial charge on any atom is 0.227 e. The van der Waals surface area contributed by atoms with E-state index in [9.17, 15) is 4.79 Å².